The fraction of sp³-hybridized carbons (Fsp3) is 0.368. The molecule has 0 aliphatic heterocycles. The molecule has 0 spiro atoms. The Bertz CT molecular complexity index is 671. The fourth-order valence-electron chi connectivity index (χ4n) is 2.57. The van der Waals surface area contributed by atoms with E-state index in [9.17, 15) is 9.59 Å². The van der Waals surface area contributed by atoms with Crippen molar-refractivity contribution in [3.63, 3.8) is 0 Å². The maximum atomic E-state index is 12.3. The third-order valence-corrected chi connectivity index (χ3v) is 4.89. The number of hydrogen-bond donors (Lipinski definition) is 1. The zero-order valence-electron chi connectivity index (χ0n) is 13.5. The summed E-state index contributed by atoms with van der Waals surface area (Å²) in [5.74, 6) is -0.829. The van der Waals surface area contributed by atoms with Gasteiger partial charge >= 0.3 is 5.97 Å². The molecule has 1 aromatic heterocycles. The summed E-state index contributed by atoms with van der Waals surface area (Å²) in [5.41, 5.74) is 0.772. The van der Waals surface area contributed by atoms with Crippen LogP contribution < -0.4 is 0 Å². The first kappa shape index (κ1) is 17.4. The maximum absolute atomic E-state index is 12.3. The smallest absolute Gasteiger partial charge is 0.303 e. The van der Waals surface area contributed by atoms with Crippen LogP contribution in [0.25, 0.3) is 0 Å². The van der Waals surface area contributed by atoms with Gasteiger partial charge in [0.25, 0.3) is 0 Å². The molecule has 1 N–H and O–H groups in total. The van der Waals surface area contributed by atoms with Crippen molar-refractivity contribution < 1.29 is 14.7 Å². The van der Waals surface area contributed by atoms with Crippen LogP contribution in [0.2, 0.25) is 0 Å². The third-order valence-electron chi connectivity index (χ3n) is 3.71. The summed E-state index contributed by atoms with van der Waals surface area (Å²) in [6.07, 6.45) is 2.14. The molecule has 0 radical (unpaired) electrons. The lowest BCUT2D eigenvalue weighted by Gasteiger charge is -2.20. The molecule has 23 heavy (non-hydrogen) atoms. The average molecular weight is 330 g/mol. The molecule has 2 rings (SSSR count). The van der Waals surface area contributed by atoms with E-state index in [0.29, 0.717) is 0 Å². The second-order valence-corrected chi connectivity index (χ2v) is 7.75. The van der Waals surface area contributed by atoms with Crippen molar-refractivity contribution in [2.24, 2.45) is 5.41 Å². The largest absolute Gasteiger partial charge is 0.481 e. The number of carbonyl (C=O) groups is 2. The molecule has 0 aliphatic carbocycles. The predicted molar refractivity (Wildman–Crippen MR) is 93.2 cm³/mol. The molecule has 4 heteroatoms. The van der Waals surface area contributed by atoms with Crippen molar-refractivity contribution >= 4 is 23.1 Å². The Morgan fingerprint density at radius 2 is 1.70 bits per heavy atom. The number of carbonyl (C=O) groups excluding carboxylic acids is 1. The van der Waals surface area contributed by atoms with Crippen molar-refractivity contribution in [1.29, 1.82) is 0 Å². The molecule has 0 amide bonds. The Morgan fingerprint density at radius 1 is 1.00 bits per heavy atom. The fourth-order valence-corrected chi connectivity index (χ4v) is 3.51. The van der Waals surface area contributed by atoms with Gasteiger partial charge in [-0.25, -0.2) is 0 Å². The number of carboxylic acids is 1. The van der Waals surface area contributed by atoms with Crippen LogP contribution in [0.5, 0.6) is 0 Å². The number of carboxylic acid groups (broad SMARTS) is 1. The maximum Gasteiger partial charge on any atom is 0.303 e. The van der Waals surface area contributed by atoms with Crippen molar-refractivity contribution in [1.82, 2.24) is 0 Å². The van der Waals surface area contributed by atoms with Gasteiger partial charge in [-0.2, -0.15) is 0 Å². The van der Waals surface area contributed by atoms with E-state index in [1.165, 1.54) is 21.8 Å². The molecular weight excluding hydrogens is 308 g/mol. The number of hydrogen-bond acceptors (Lipinski definition) is 3. The molecule has 122 valence electrons. The van der Waals surface area contributed by atoms with Gasteiger partial charge in [-0.1, -0.05) is 44.2 Å². The third kappa shape index (κ3) is 5.64. The van der Waals surface area contributed by atoms with Crippen LogP contribution in [0.15, 0.2) is 42.5 Å². The molecule has 1 aromatic carbocycles. The SMILES string of the molecule is CC(C)(CC(=O)O)CC(=O)c1ccc(CCc2ccccc2)s1. The quantitative estimate of drug-likeness (QED) is 0.719. The molecular formula is C19H22O3S. The van der Waals surface area contributed by atoms with Gasteiger partial charge < -0.3 is 5.11 Å². The highest BCUT2D eigenvalue weighted by molar-refractivity contribution is 7.14. The highest BCUT2D eigenvalue weighted by Gasteiger charge is 2.26. The second-order valence-electron chi connectivity index (χ2n) is 6.59. The minimum absolute atomic E-state index is 0.00494. The van der Waals surface area contributed by atoms with E-state index in [0.717, 1.165) is 17.7 Å². The minimum atomic E-state index is -0.863. The van der Waals surface area contributed by atoms with E-state index in [2.05, 4.69) is 12.1 Å². The number of aliphatic carboxylic acids is 1. The van der Waals surface area contributed by atoms with Gasteiger partial charge in [0.1, 0.15) is 0 Å². The minimum Gasteiger partial charge on any atom is -0.481 e. The number of benzene rings is 1. The van der Waals surface area contributed by atoms with Crippen LogP contribution >= 0.6 is 11.3 Å². The molecule has 0 bridgehead atoms. The highest BCUT2D eigenvalue weighted by Crippen LogP contribution is 2.29. The Balaban J connectivity index is 1.93. The Labute approximate surface area is 141 Å². The summed E-state index contributed by atoms with van der Waals surface area (Å²) in [6.45, 7) is 3.64. The summed E-state index contributed by atoms with van der Waals surface area (Å²) in [6, 6.07) is 14.1. The van der Waals surface area contributed by atoms with Gasteiger partial charge in [0.2, 0.25) is 0 Å². The van der Waals surface area contributed by atoms with E-state index < -0.39 is 11.4 Å². The second kappa shape index (κ2) is 7.55. The number of ketones is 1. The van der Waals surface area contributed by atoms with Gasteiger partial charge in [0, 0.05) is 11.3 Å². The first-order valence-electron chi connectivity index (χ1n) is 7.73. The number of rotatable bonds is 8. The van der Waals surface area contributed by atoms with E-state index in [-0.39, 0.29) is 18.6 Å². The standard InChI is InChI=1S/C19H22O3S/c1-19(2,13-18(21)22)12-16(20)17-11-10-15(23-17)9-8-14-6-4-3-5-7-14/h3-7,10-11H,8-9,12-13H2,1-2H3,(H,21,22). The number of thiophene rings is 1. The van der Waals surface area contributed by atoms with Crippen molar-refractivity contribution in [3.05, 3.63) is 57.8 Å². The molecule has 0 saturated carbocycles. The first-order chi connectivity index (χ1) is 10.9. The van der Waals surface area contributed by atoms with Crippen molar-refractivity contribution in [2.75, 3.05) is 0 Å². The van der Waals surface area contributed by atoms with Gasteiger partial charge in [-0.3, -0.25) is 9.59 Å². The van der Waals surface area contributed by atoms with Crippen LogP contribution in [0, 0.1) is 5.41 Å². The van der Waals surface area contributed by atoms with Crippen LogP contribution in [0.3, 0.4) is 0 Å². The van der Waals surface area contributed by atoms with Crippen molar-refractivity contribution in [3.8, 4) is 0 Å². The topological polar surface area (TPSA) is 54.4 Å². The Hall–Kier alpha value is -1.94. The lowest BCUT2D eigenvalue weighted by Crippen LogP contribution is -2.20. The van der Waals surface area contributed by atoms with Crippen LogP contribution in [-0.4, -0.2) is 16.9 Å². The molecule has 0 fully saturated rings. The summed E-state index contributed by atoms with van der Waals surface area (Å²) in [5, 5.41) is 8.91. The van der Waals surface area contributed by atoms with Gasteiger partial charge in [-0.15, -0.1) is 11.3 Å². The lowest BCUT2D eigenvalue weighted by atomic mass is 9.84. The van der Waals surface area contributed by atoms with E-state index in [1.807, 2.05) is 44.2 Å². The van der Waals surface area contributed by atoms with Crippen LogP contribution in [0.1, 0.15) is 46.8 Å². The summed E-state index contributed by atoms with van der Waals surface area (Å²) in [4.78, 5) is 25.1. The van der Waals surface area contributed by atoms with Gasteiger partial charge in [0.15, 0.2) is 5.78 Å². The van der Waals surface area contributed by atoms with Crippen molar-refractivity contribution in [2.45, 2.75) is 39.5 Å². The zero-order chi connectivity index (χ0) is 16.9. The van der Waals surface area contributed by atoms with Crippen LogP contribution in [0.4, 0.5) is 0 Å². The van der Waals surface area contributed by atoms with Gasteiger partial charge in [-0.05, 0) is 36.0 Å². The van der Waals surface area contributed by atoms with E-state index in [4.69, 9.17) is 5.11 Å². The Kier molecular flexibility index (Phi) is 5.72. The molecule has 2 aromatic rings. The number of aryl methyl sites for hydroxylation is 2. The highest BCUT2D eigenvalue weighted by atomic mass is 32.1. The summed E-state index contributed by atoms with van der Waals surface area (Å²) in [7, 11) is 0. The van der Waals surface area contributed by atoms with Gasteiger partial charge in [0.05, 0.1) is 11.3 Å². The summed E-state index contributed by atoms with van der Waals surface area (Å²) >= 11 is 1.52. The Morgan fingerprint density at radius 3 is 2.35 bits per heavy atom. The molecule has 1 heterocycles. The van der Waals surface area contributed by atoms with E-state index in [1.54, 1.807) is 0 Å². The molecule has 0 atom stereocenters. The predicted octanol–water partition coefficient (Wildman–Crippen LogP) is 4.61. The first-order valence-corrected chi connectivity index (χ1v) is 8.55. The monoisotopic (exact) mass is 330 g/mol. The molecule has 0 aliphatic rings. The molecule has 0 unspecified atom stereocenters. The molecule has 3 nitrogen and oxygen atoms in total. The zero-order valence-corrected chi connectivity index (χ0v) is 14.4. The lowest BCUT2D eigenvalue weighted by molar-refractivity contribution is -0.139. The van der Waals surface area contributed by atoms with E-state index >= 15 is 0 Å². The summed E-state index contributed by atoms with van der Waals surface area (Å²) < 4.78 is 0. The number of Topliss-reactive ketones (excluding diaryl/α,β-unsaturated/α-hetero) is 1. The van der Waals surface area contributed by atoms with Crippen LogP contribution in [-0.2, 0) is 17.6 Å². The molecule has 0 saturated heterocycles. The average Bonchev–Trinajstić information content (AvgIpc) is 2.93. The normalized spacial score (nSPS) is 11.4.